The number of halogens is 2. The molecule has 0 saturated heterocycles. The van der Waals surface area contributed by atoms with Gasteiger partial charge in [-0.25, -0.2) is 0 Å². The quantitative estimate of drug-likeness (QED) is 0.405. The van der Waals surface area contributed by atoms with Gasteiger partial charge in [-0.3, -0.25) is 25.3 Å². The summed E-state index contributed by atoms with van der Waals surface area (Å²) in [5, 5.41) is 12.4. The largest absolute Gasteiger partial charge is 0.434 e. The predicted octanol–water partition coefficient (Wildman–Crippen LogP) is 3.76. The summed E-state index contributed by atoms with van der Waals surface area (Å²) >= 11 is 12.9. The van der Waals surface area contributed by atoms with Crippen LogP contribution in [0.4, 0.5) is 5.69 Å². The minimum absolute atomic E-state index is 0.0943. The van der Waals surface area contributed by atoms with Crippen molar-refractivity contribution in [2.75, 3.05) is 12.1 Å². The maximum absolute atomic E-state index is 11.7. The van der Waals surface area contributed by atoms with E-state index in [-0.39, 0.29) is 21.5 Å². The van der Waals surface area contributed by atoms with Crippen LogP contribution in [0.1, 0.15) is 32.6 Å². The molecule has 0 radical (unpaired) electrons. The maximum atomic E-state index is 11.7. The molecule has 0 bridgehead atoms. The molecule has 158 valence electrons. The lowest BCUT2D eigenvalue weighted by molar-refractivity contribution is -0.120. The molecule has 0 saturated carbocycles. The van der Waals surface area contributed by atoms with Gasteiger partial charge in [0, 0.05) is 12.6 Å². The molecule has 1 aliphatic carbocycles. The number of amides is 2. The predicted molar refractivity (Wildman–Crippen MR) is 118 cm³/mol. The molecule has 10 heteroatoms. The number of hydrogen-bond acceptors (Lipinski definition) is 7. The molecule has 2 amide bonds. The van der Waals surface area contributed by atoms with Gasteiger partial charge in [-0.2, -0.15) is 5.10 Å². The van der Waals surface area contributed by atoms with Crippen molar-refractivity contribution < 1.29 is 14.3 Å². The number of hydrogen-bond donors (Lipinski definition) is 2. The third-order valence-electron chi connectivity index (χ3n) is 4.76. The van der Waals surface area contributed by atoms with Gasteiger partial charge in [0.15, 0.2) is 5.75 Å². The molecule has 2 N–H and O–H groups in total. The first-order valence-electron chi connectivity index (χ1n) is 9.27. The molecular formula is C20H21Cl2N5O3. The van der Waals surface area contributed by atoms with E-state index in [1.807, 2.05) is 5.32 Å². The van der Waals surface area contributed by atoms with Gasteiger partial charge in [-0.05, 0) is 50.3 Å². The lowest BCUT2D eigenvalue weighted by atomic mass is 9.89. The van der Waals surface area contributed by atoms with E-state index >= 15 is 0 Å². The lowest BCUT2D eigenvalue weighted by Gasteiger charge is -2.27. The van der Waals surface area contributed by atoms with Gasteiger partial charge < -0.3 is 4.74 Å². The summed E-state index contributed by atoms with van der Waals surface area (Å²) in [5.74, 6) is 0.108. The summed E-state index contributed by atoms with van der Waals surface area (Å²) in [5.41, 5.74) is 6.45. The van der Waals surface area contributed by atoms with Crippen molar-refractivity contribution in [3.8, 4) is 5.75 Å². The number of nitrogens with zero attached hydrogens (tertiary/aromatic N) is 3. The Bertz CT molecular complexity index is 977. The van der Waals surface area contributed by atoms with E-state index in [1.165, 1.54) is 11.9 Å². The van der Waals surface area contributed by atoms with Crippen LogP contribution in [0, 0.1) is 0 Å². The first-order valence-corrected chi connectivity index (χ1v) is 10.0. The SMILES string of the molecule is C=C1NN=C(Oc2c(Cl)cc(N(C)/N=C(/C)C(=O)NC=O)cc2Cl)C2=C1CCCC2. The van der Waals surface area contributed by atoms with Crippen LogP contribution in [0.3, 0.4) is 0 Å². The highest BCUT2D eigenvalue weighted by molar-refractivity contribution is 6.40. The van der Waals surface area contributed by atoms with Crippen LogP contribution in [0.15, 0.2) is 45.8 Å². The number of allylic oxidation sites excluding steroid dienone is 1. The fraction of sp³-hybridized carbons (Fsp3) is 0.300. The monoisotopic (exact) mass is 449 g/mol. The van der Waals surface area contributed by atoms with E-state index in [2.05, 4.69) is 22.2 Å². The standard InChI is InChI=1S/C20H21Cl2N5O3/c1-11-14-6-4-5-7-15(14)20(25-24-11)30-18-16(21)8-13(9-17(18)22)27(3)26-12(2)19(29)23-10-28/h8-10,24H,1,4-7H2,2-3H3,(H,23,28,29)/b26-12-. The Kier molecular flexibility index (Phi) is 6.79. The number of anilines is 1. The molecule has 3 rings (SSSR count). The number of imide groups is 1. The van der Waals surface area contributed by atoms with E-state index < -0.39 is 5.91 Å². The molecule has 0 unspecified atom stereocenters. The second kappa shape index (κ2) is 9.32. The molecule has 1 aromatic rings. The smallest absolute Gasteiger partial charge is 0.273 e. The molecule has 0 atom stereocenters. The highest BCUT2D eigenvalue weighted by atomic mass is 35.5. The third-order valence-corrected chi connectivity index (χ3v) is 5.32. The second-order valence-electron chi connectivity index (χ2n) is 6.81. The minimum Gasteiger partial charge on any atom is -0.434 e. The minimum atomic E-state index is -0.602. The molecule has 1 aromatic carbocycles. The van der Waals surface area contributed by atoms with Crippen LogP contribution in [-0.4, -0.2) is 31.0 Å². The summed E-state index contributed by atoms with van der Waals surface area (Å²) in [6.45, 7) is 5.48. The second-order valence-corrected chi connectivity index (χ2v) is 7.63. The van der Waals surface area contributed by atoms with E-state index in [4.69, 9.17) is 27.9 Å². The van der Waals surface area contributed by atoms with Gasteiger partial charge >= 0.3 is 0 Å². The Labute approximate surface area is 184 Å². The van der Waals surface area contributed by atoms with Crippen LogP contribution in [0.5, 0.6) is 5.75 Å². The van der Waals surface area contributed by atoms with Crippen molar-refractivity contribution in [1.82, 2.24) is 10.7 Å². The average molecular weight is 450 g/mol. The summed E-state index contributed by atoms with van der Waals surface area (Å²) < 4.78 is 5.99. The van der Waals surface area contributed by atoms with Crippen molar-refractivity contribution in [3.63, 3.8) is 0 Å². The topological polar surface area (TPSA) is 95.4 Å². The highest BCUT2D eigenvalue weighted by Gasteiger charge is 2.26. The summed E-state index contributed by atoms with van der Waals surface area (Å²) in [6, 6.07) is 3.23. The number of rotatable bonds is 5. The number of carbonyl (C=O) groups is 2. The fourth-order valence-corrected chi connectivity index (χ4v) is 3.78. The van der Waals surface area contributed by atoms with Crippen LogP contribution in [0.25, 0.3) is 0 Å². The lowest BCUT2D eigenvalue weighted by Crippen LogP contribution is -2.29. The van der Waals surface area contributed by atoms with E-state index in [0.717, 1.165) is 42.5 Å². The third kappa shape index (κ3) is 4.66. The summed E-state index contributed by atoms with van der Waals surface area (Å²) in [7, 11) is 1.63. The van der Waals surface area contributed by atoms with Gasteiger partial charge in [0.1, 0.15) is 5.71 Å². The maximum Gasteiger partial charge on any atom is 0.273 e. The van der Waals surface area contributed by atoms with Crippen LogP contribution in [-0.2, 0) is 9.59 Å². The van der Waals surface area contributed by atoms with E-state index in [9.17, 15) is 9.59 Å². The summed E-state index contributed by atoms with van der Waals surface area (Å²) in [4.78, 5) is 22.1. The molecule has 1 aliphatic heterocycles. The van der Waals surface area contributed by atoms with Crippen molar-refractivity contribution in [3.05, 3.63) is 45.6 Å². The van der Waals surface area contributed by atoms with Crippen LogP contribution < -0.4 is 20.5 Å². The number of carbonyl (C=O) groups excluding carboxylic acids is 2. The number of ether oxygens (including phenoxy) is 1. The molecule has 0 fully saturated rings. The Morgan fingerprint density at radius 2 is 1.93 bits per heavy atom. The summed E-state index contributed by atoms with van der Waals surface area (Å²) in [6.07, 6.45) is 4.22. The van der Waals surface area contributed by atoms with Gasteiger partial charge in [-0.1, -0.05) is 29.8 Å². The van der Waals surface area contributed by atoms with Gasteiger partial charge in [0.05, 0.1) is 21.4 Å². The van der Waals surface area contributed by atoms with Gasteiger partial charge in [0.2, 0.25) is 12.3 Å². The number of hydrazone groups is 2. The zero-order valence-corrected chi connectivity index (χ0v) is 18.1. The average Bonchev–Trinajstić information content (AvgIpc) is 2.72. The van der Waals surface area contributed by atoms with Crippen molar-refractivity contribution in [1.29, 1.82) is 0 Å². The van der Waals surface area contributed by atoms with Crippen LogP contribution in [0.2, 0.25) is 10.0 Å². The molecule has 2 aliphatic rings. The zero-order valence-electron chi connectivity index (χ0n) is 16.6. The zero-order chi connectivity index (χ0) is 21.8. The Morgan fingerprint density at radius 3 is 2.57 bits per heavy atom. The van der Waals surface area contributed by atoms with E-state index in [1.54, 1.807) is 19.2 Å². The van der Waals surface area contributed by atoms with E-state index in [0.29, 0.717) is 18.0 Å². The molecule has 30 heavy (non-hydrogen) atoms. The molecule has 0 aromatic heterocycles. The first kappa shape index (κ1) is 21.9. The molecule has 1 heterocycles. The Balaban J connectivity index is 1.84. The Morgan fingerprint density at radius 1 is 1.30 bits per heavy atom. The fourth-order valence-electron chi connectivity index (χ4n) is 3.23. The first-order chi connectivity index (χ1) is 14.3. The molecule has 8 nitrogen and oxygen atoms in total. The Hall–Kier alpha value is -2.84. The number of benzene rings is 1. The van der Waals surface area contributed by atoms with Gasteiger partial charge in [-0.15, -0.1) is 5.10 Å². The van der Waals surface area contributed by atoms with Crippen molar-refractivity contribution in [2.45, 2.75) is 32.6 Å². The highest BCUT2D eigenvalue weighted by Crippen LogP contribution is 2.39. The van der Waals surface area contributed by atoms with Crippen LogP contribution >= 0.6 is 23.2 Å². The van der Waals surface area contributed by atoms with Crippen molar-refractivity contribution in [2.24, 2.45) is 10.2 Å². The normalized spacial score (nSPS) is 16.3. The molecular weight excluding hydrogens is 429 g/mol. The molecule has 0 spiro atoms. The van der Waals surface area contributed by atoms with Gasteiger partial charge in [0.25, 0.3) is 5.91 Å². The van der Waals surface area contributed by atoms with Crippen molar-refractivity contribution >= 4 is 52.8 Å². The number of nitrogens with one attached hydrogen (secondary N) is 2.